The number of furan rings is 1. The third-order valence-electron chi connectivity index (χ3n) is 5.19. The molecule has 0 aliphatic heterocycles. The Labute approximate surface area is 162 Å². The number of nitrogens with zero attached hydrogens (tertiary/aromatic N) is 1. The predicted molar refractivity (Wildman–Crippen MR) is 116 cm³/mol. The number of aryl methyl sites for hydroxylation is 1. The average molecular weight is 372 g/mol. The Kier molecular flexibility index (Phi) is 3.47. The quantitative estimate of drug-likeness (QED) is 0.305. The van der Waals surface area contributed by atoms with Gasteiger partial charge in [-0.1, -0.05) is 32.9 Å². The number of hydrogen-bond acceptors (Lipinski definition) is 3. The summed E-state index contributed by atoms with van der Waals surface area (Å²) in [6.07, 6.45) is 1.90. The van der Waals surface area contributed by atoms with Crippen molar-refractivity contribution in [1.29, 1.82) is 0 Å². The third-order valence-corrected chi connectivity index (χ3v) is 6.20. The minimum atomic E-state index is 0.0832. The van der Waals surface area contributed by atoms with Gasteiger partial charge in [0.05, 0.1) is 5.69 Å². The lowest BCUT2D eigenvalue weighted by atomic mass is 9.87. The number of benzene rings is 2. The van der Waals surface area contributed by atoms with E-state index >= 15 is 0 Å². The molecule has 0 saturated heterocycles. The maximum absolute atomic E-state index is 6.46. The maximum Gasteiger partial charge on any atom is 0.144 e. The Bertz CT molecular complexity index is 1320. The van der Waals surface area contributed by atoms with E-state index in [4.69, 9.17) is 4.42 Å². The molecule has 0 atom stereocenters. The van der Waals surface area contributed by atoms with E-state index in [0.717, 1.165) is 27.8 Å². The molecule has 0 radical (unpaired) electrons. The van der Waals surface area contributed by atoms with Crippen molar-refractivity contribution in [1.82, 2.24) is 4.98 Å². The second-order valence-electron chi connectivity index (χ2n) is 8.18. The smallest absolute Gasteiger partial charge is 0.144 e. The molecular formula is C24H21NOS. The predicted octanol–water partition coefficient (Wildman–Crippen LogP) is 7.47. The Hall–Kier alpha value is -2.65. The number of aromatic nitrogens is 1. The highest BCUT2D eigenvalue weighted by Gasteiger charge is 2.18. The average Bonchev–Trinajstić information content (AvgIpc) is 3.20. The zero-order chi connectivity index (χ0) is 18.8. The zero-order valence-corrected chi connectivity index (χ0v) is 16.8. The van der Waals surface area contributed by atoms with Crippen molar-refractivity contribution >= 4 is 43.4 Å². The lowest BCUT2D eigenvalue weighted by Gasteiger charge is -2.19. The molecule has 0 N–H and O–H groups in total. The SMILES string of the molecule is Cc1cc2c(ccc3c4cccc(-c5cc(C(C)(C)C)ccn5)c4oc23)s1. The van der Waals surface area contributed by atoms with Crippen LogP contribution in [-0.4, -0.2) is 4.98 Å². The maximum atomic E-state index is 6.46. The lowest BCUT2D eigenvalue weighted by molar-refractivity contribution is 0.589. The molecule has 0 aliphatic rings. The van der Waals surface area contributed by atoms with Gasteiger partial charge < -0.3 is 4.42 Å². The van der Waals surface area contributed by atoms with E-state index in [1.165, 1.54) is 25.9 Å². The Morgan fingerprint density at radius 1 is 0.889 bits per heavy atom. The fourth-order valence-corrected chi connectivity index (χ4v) is 4.66. The molecular weight excluding hydrogens is 350 g/mol. The first kappa shape index (κ1) is 16.5. The van der Waals surface area contributed by atoms with E-state index in [2.05, 4.69) is 81.2 Å². The van der Waals surface area contributed by atoms with Crippen molar-refractivity contribution in [2.24, 2.45) is 0 Å². The molecule has 3 heteroatoms. The van der Waals surface area contributed by atoms with E-state index in [1.807, 2.05) is 17.5 Å². The number of fused-ring (bicyclic) bond motifs is 5. The summed E-state index contributed by atoms with van der Waals surface area (Å²) in [6, 6.07) is 17.2. The summed E-state index contributed by atoms with van der Waals surface area (Å²) in [4.78, 5) is 5.96. The van der Waals surface area contributed by atoms with E-state index in [9.17, 15) is 0 Å². The topological polar surface area (TPSA) is 26.0 Å². The minimum Gasteiger partial charge on any atom is -0.455 e. The number of pyridine rings is 1. The van der Waals surface area contributed by atoms with Gasteiger partial charge in [0.15, 0.2) is 0 Å². The van der Waals surface area contributed by atoms with Crippen LogP contribution in [-0.2, 0) is 5.41 Å². The molecule has 0 amide bonds. The molecule has 5 rings (SSSR count). The largest absolute Gasteiger partial charge is 0.455 e. The number of thiophene rings is 1. The van der Waals surface area contributed by atoms with E-state index in [0.29, 0.717) is 0 Å². The Morgan fingerprint density at radius 3 is 2.52 bits per heavy atom. The summed E-state index contributed by atoms with van der Waals surface area (Å²) in [7, 11) is 0. The van der Waals surface area contributed by atoms with E-state index in [-0.39, 0.29) is 5.41 Å². The molecule has 0 spiro atoms. The van der Waals surface area contributed by atoms with Crippen LogP contribution in [0.4, 0.5) is 0 Å². The normalized spacial score (nSPS) is 12.4. The molecule has 27 heavy (non-hydrogen) atoms. The van der Waals surface area contributed by atoms with Gasteiger partial charge in [0.1, 0.15) is 11.2 Å². The van der Waals surface area contributed by atoms with Crippen LogP contribution >= 0.6 is 11.3 Å². The molecule has 0 saturated carbocycles. The van der Waals surface area contributed by atoms with E-state index in [1.54, 1.807) is 0 Å². The number of para-hydroxylation sites is 1. The molecule has 0 unspecified atom stereocenters. The second-order valence-corrected chi connectivity index (χ2v) is 9.46. The zero-order valence-electron chi connectivity index (χ0n) is 16.0. The van der Waals surface area contributed by atoms with Crippen molar-refractivity contribution in [3.63, 3.8) is 0 Å². The van der Waals surface area contributed by atoms with Gasteiger partial charge >= 0.3 is 0 Å². The highest BCUT2D eigenvalue weighted by Crippen LogP contribution is 2.40. The van der Waals surface area contributed by atoms with Gasteiger partial charge in [-0.15, -0.1) is 11.3 Å². The van der Waals surface area contributed by atoms with Gasteiger partial charge in [0.2, 0.25) is 0 Å². The second kappa shape index (κ2) is 5.67. The van der Waals surface area contributed by atoms with Crippen molar-refractivity contribution in [3.05, 3.63) is 65.2 Å². The van der Waals surface area contributed by atoms with Crippen LogP contribution in [0.5, 0.6) is 0 Å². The molecule has 2 nitrogen and oxygen atoms in total. The molecule has 0 fully saturated rings. The van der Waals surface area contributed by atoms with Gasteiger partial charge in [0, 0.05) is 37.5 Å². The highest BCUT2D eigenvalue weighted by molar-refractivity contribution is 7.19. The molecule has 2 aromatic carbocycles. The monoisotopic (exact) mass is 371 g/mol. The van der Waals surface area contributed by atoms with Gasteiger partial charge in [-0.2, -0.15) is 0 Å². The van der Waals surface area contributed by atoms with Crippen LogP contribution in [0.15, 0.2) is 59.1 Å². The summed E-state index contributed by atoms with van der Waals surface area (Å²) in [5.74, 6) is 0. The first-order chi connectivity index (χ1) is 12.9. The number of rotatable bonds is 1. The fraction of sp³-hybridized carbons (Fsp3) is 0.208. The summed E-state index contributed by atoms with van der Waals surface area (Å²) in [5, 5.41) is 3.52. The van der Waals surface area contributed by atoms with Crippen LogP contribution in [0, 0.1) is 6.92 Å². The summed E-state index contributed by atoms with van der Waals surface area (Å²) < 4.78 is 7.73. The van der Waals surface area contributed by atoms with Gasteiger partial charge in [-0.25, -0.2) is 0 Å². The van der Waals surface area contributed by atoms with Gasteiger partial charge in [-0.3, -0.25) is 4.98 Å². The van der Waals surface area contributed by atoms with Crippen molar-refractivity contribution in [3.8, 4) is 11.3 Å². The first-order valence-electron chi connectivity index (χ1n) is 9.23. The number of hydrogen-bond donors (Lipinski definition) is 0. The van der Waals surface area contributed by atoms with Gasteiger partial charge in [0.25, 0.3) is 0 Å². The van der Waals surface area contributed by atoms with Crippen molar-refractivity contribution < 1.29 is 4.42 Å². The molecule has 3 aromatic heterocycles. The lowest BCUT2D eigenvalue weighted by Crippen LogP contribution is -2.11. The molecule has 134 valence electrons. The Morgan fingerprint density at radius 2 is 1.70 bits per heavy atom. The summed E-state index contributed by atoms with van der Waals surface area (Å²) in [5.41, 5.74) is 5.27. The Balaban J connectivity index is 1.82. The van der Waals surface area contributed by atoms with Crippen LogP contribution in [0.25, 0.3) is 43.3 Å². The first-order valence-corrected chi connectivity index (χ1v) is 10.0. The summed E-state index contributed by atoms with van der Waals surface area (Å²) >= 11 is 1.81. The molecule has 3 heterocycles. The standard InChI is InChI=1S/C24H21NOS/c1-14-12-19-21(27-14)9-8-17-16-6-5-7-18(22(16)26-23(17)19)20-13-15(10-11-25-20)24(2,3)4/h5-13H,1-4H3. The van der Waals surface area contributed by atoms with Crippen LogP contribution in [0.1, 0.15) is 31.2 Å². The minimum absolute atomic E-state index is 0.0832. The van der Waals surface area contributed by atoms with Crippen molar-refractivity contribution in [2.75, 3.05) is 0 Å². The highest BCUT2D eigenvalue weighted by atomic mass is 32.1. The van der Waals surface area contributed by atoms with E-state index < -0.39 is 0 Å². The molecule has 5 aromatic rings. The van der Waals surface area contributed by atoms with Crippen LogP contribution in [0.3, 0.4) is 0 Å². The third kappa shape index (κ3) is 2.57. The van der Waals surface area contributed by atoms with Crippen molar-refractivity contribution in [2.45, 2.75) is 33.1 Å². The van der Waals surface area contributed by atoms with Gasteiger partial charge in [-0.05, 0) is 54.3 Å². The van der Waals surface area contributed by atoms with Crippen LogP contribution < -0.4 is 0 Å². The fourth-order valence-electron chi connectivity index (χ4n) is 3.74. The summed E-state index contributed by atoms with van der Waals surface area (Å²) in [6.45, 7) is 8.82. The van der Waals surface area contributed by atoms with Crippen LogP contribution in [0.2, 0.25) is 0 Å². The molecule has 0 bridgehead atoms. The molecule has 0 aliphatic carbocycles.